The zero-order valence-corrected chi connectivity index (χ0v) is 19.4. The molecule has 0 spiro atoms. The van der Waals surface area contributed by atoms with Crippen LogP contribution in [0.1, 0.15) is 41.9 Å². The molecule has 0 bridgehead atoms. The summed E-state index contributed by atoms with van der Waals surface area (Å²) in [5.41, 5.74) is 11.2. The number of rotatable bonds is 3. The molecule has 2 unspecified atom stereocenters. The summed E-state index contributed by atoms with van der Waals surface area (Å²) in [6.07, 6.45) is 16.9. The highest BCUT2D eigenvalue weighted by Crippen LogP contribution is 2.48. The van der Waals surface area contributed by atoms with Crippen molar-refractivity contribution in [1.82, 2.24) is 20.5 Å². The average Bonchev–Trinajstić information content (AvgIpc) is 3.33. The van der Waals surface area contributed by atoms with E-state index in [1.165, 1.54) is 44.9 Å². The predicted molar refractivity (Wildman–Crippen MR) is 141 cm³/mol. The van der Waals surface area contributed by atoms with Crippen molar-refractivity contribution in [2.45, 2.75) is 25.2 Å². The normalized spacial score (nSPS) is 21.8. The Morgan fingerprint density at radius 1 is 0.914 bits per heavy atom. The smallest absolute Gasteiger partial charge is 0.129 e. The monoisotopic (exact) mass is 457 g/mol. The van der Waals surface area contributed by atoms with Crippen molar-refractivity contribution in [2.24, 2.45) is 0 Å². The Labute approximate surface area is 205 Å². The minimum atomic E-state index is 0.000660. The summed E-state index contributed by atoms with van der Waals surface area (Å²) in [5, 5.41) is 11.1. The Bertz CT molecular complexity index is 1420. The largest absolute Gasteiger partial charge is 0.387 e. The van der Waals surface area contributed by atoms with E-state index in [1.54, 1.807) is 0 Å². The molecule has 3 aromatic rings. The van der Waals surface area contributed by atoms with Gasteiger partial charge >= 0.3 is 0 Å². The Morgan fingerprint density at radius 3 is 2.74 bits per heavy atom. The van der Waals surface area contributed by atoms with Crippen molar-refractivity contribution in [3.05, 3.63) is 126 Å². The summed E-state index contributed by atoms with van der Waals surface area (Å²) in [5.74, 6) is 0. The third kappa shape index (κ3) is 3.43. The van der Waals surface area contributed by atoms with E-state index in [0.717, 1.165) is 24.9 Å². The minimum Gasteiger partial charge on any atom is -0.387 e. The zero-order chi connectivity index (χ0) is 23.2. The highest BCUT2D eigenvalue weighted by Gasteiger charge is 2.41. The van der Waals surface area contributed by atoms with Crippen LogP contribution in [-0.4, -0.2) is 16.4 Å². The van der Waals surface area contributed by atoms with Gasteiger partial charge in [0.2, 0.25) is 0 Å². The fourth-order valence-corrected chi connectivity index (χ4v) is 5.61. The molecule has 2 atom stereocenters. The predicted octanol–water partition coefficient (Wildman–Crippen LogP) is 5.84. The van der Waals surface area contributed by atoms with Crippen molar-refractivity contribution < 1.29 is 0 Å². The number of aromatic nitrogens is 1. The molecule has 5 heteroatoms. The van der Waals surface area contributed by atoms with Crippen LogP contribution < -0.4 is 16.0 Å². The SMILES string of the molecule is C1=CNCC(c2cc(-c3cccnc3)cc(C3Nc4ccccc4C4NC5=C(C=CCC5)N34)c2)=C1. The highest BCUT2D eigenvalue weighted by atomic mass is 15.4. The van der Waals surface area contributed by atoms with E-state index in [-0.39, 0.29) is 12.3 Å². The maximum Gasteiger partial charge on any atom is 0.129 e. The van der Waals surface area contributed by atoms with Crippen molar-refractivity contribution in [1.29, 1.82) is 0 Å². The Kier molecular flexibility index (Phi) is 4.72. The summed E-state index contributed by atoms with van der Waals surface area (Å²) in [4.78, 5) is 6.91. The van der Waals surface area contributed by atoms with E-state index in [4.69, 9.17) is 0 Å². The van der Waals surface area contributed by atoms with Crippen molar-refractivity contribution in [3.8, 4) is 11.1 Å². The first kappa shape index (κ1) is 20.2. The first-order chi connectivity index (χ1) is 17.3. The number of benzene rings is 2. The maximum atomic E-state index is 4.39. The van der Waals surface area contributed by atoms with Gasteiger partial charge < -0.3 is 20.9 Å². The van der Waals surface area contributed by atoms with Crippen LogP contribution >= 0.6 is 0 Å². The number of anilines is 1. The third-order valence-corrected chi connectivity index (χ3v) is 7.28. The molecular formula is C30H27N5. The van der Waals surface area contributed by atoms with Gasteiger partial charge in [0.1, 0.15) is 12.3 Å². The molecular weight excluding hydrogens is 430 g/mol. The molecule has 0 saturated carbocycles. The maximum absolute atomic E-state index is 4.39. The second kappa shape index (κ2) is 8.20. The number of nitrogens with one attached hydrogen (secondary N) is 3. The van der Waals surface area contributed by atoms with Gasteiger partial charge in [0.25, 0.3) is 0 Å². The highest BCUT2D eigenvalue weighted by molar-refractivity contribution is 5.76. The lowest BCUT2D eigenvalue weighted by Crippen LogP contribution is -2.40. The second-order valence-corrected chi connectivity index (χ2v) is 9.41. The second-order valence-electron chi connectivity index (χ2n) is 9.41. The molecule has 4 aliphatic rings. The number of para-hydroxylation sites is 1. The van der Waals surface area contributed by atoms with Crippen molar-refractivity contribution in [3.63, 3.8) is 0 Å². The summed E-state index contributed by atoms with van der Waals surface area (Å²) >= 11 is 0. The third-order valence-electron chi connectivity index (χ3n) is 7.28. The molecule has 1 aromatic heterocycles. The fourth-order valence-electron chi connectivity index (χ4n) is 5.61. The first-order valence-electron chi connectivity index (χ1n) is 12.3. The van der Waals surface area contributed by atoms with Crippen molar-refractivity contribution in [2.75, 3.05) is 11.9 Å². The standard InChI is InChI=1S/C30H27N5/c1-2-10-26-25(9-1)30-34-27-11-3-4-12-28(27)35(30)29(33-26)24-16-22(20-7-5-13-31-18-20)15-23(17-24)21-8-6-14-32-19-21/h1-2,4-10,12-18,29-30,32-34H,3,11,19H2. The quantitative estimate of drug-likeness (QED) is 0.461. The summed E-state index contributed by atoms with van der Waals surface area (Å²) in [6, 6.07) is 19.8. The number of allylic oxidation sites excluding steroid dienone is 5. The van der Waals surface area contributed by atoms with Crippen LogP contribution in [0.4, 0.5) is 5.69 Å². The van der Waals surface area contributed by atoms with Gasteiger partial charge in [0.15, 0.2) is 0 Å². The van der Waals surface area contributed by atoms with Crippen LogP contribution in [0.25, 0.3) is 16.7 Å². The van der Waals surface area contributed by atoms with Crippen molar-refractivity contribution >= 4 is 11.3 Å². The molecule has 3 N–H and O–H groups in total. The number of pyridine rings is 1. The molecule has 0 saturated heterocycles. The molecule has 0 radical (unpaired) electrons. The van der Waals surface area contributed by atoms with E-state index in [0.29, 0.717) is 0 Å². The molecule has 4 heterocycles. The number of hydrogen-bond acceptors (Lipinski definition) is 5. The number of nitrogens with zero attached hydrogens (tertiary/aromatic N) is 2. The summed E-state index contributed by atoms with van der Waals surface area (Å²) < 4.78 is 0. The molecule has 7 rings (SSSR count). The topological polar surface area (TPSA) is 52.2 Å². The Hall–Kier alpha value is -4.25. The molecule has 5 nitrogen and oxygen atoms in total. The van der Waals surface area contributed by atoms with Gasteiger partial charge in [-0.3, -0.25) is 4.98 Å². The van der Waals surface area contributed by atoms with Gasteiger partial charge in [-0.15, -0.1) is 0 Å². The molecule has 1 aliphatic carbocycles. The molecule has 2 aromatic carbocycles. The van der Waals surface area contributed by atoms with Crippen LogP contribution in [0.3, 0.4) is 0 Å². The van der Waals surface area contributed by atoms with Gasteiger partial charge in [0, 0.05) is 41.4 Å². The van der Waals surface area contributed by atoms with Gasteiger partial charge in [-0.05, 0) is 83.8 Å². The van der Waals surface area contributed by atoms with Crippen LogP contribution in [0, 0.1) is 0 Å². The molecule has 3 aliphatic heterocycles. The lowest BCUT2D eigenvalue weighted by Gasteiger charge is -2.42. The van der Waals surface area contributed by atoms with Crippen LogP contribution in [-0.2, 0) is 0 Å². The summed E-state index contributed by atoms with van der Waals surface area (Å²) in [7, 11) is 0. The van der Waals surface area contributed by atoms with E-state index >= 15 is 0 Å². The van der Waals surface area contributed by atoms with Gasteiger partial charge in [-0.2, -0.15) is 0 Å². The molecule has 0 fully saturated rings. The van der Waals surface area contributed by atoms with Crippen LogP contribution in [0.2, 0.25) is 0 Å². The van der Waals surface area contributed by atoms with E-state index < -0.39 is 0 Å². The molecule has 0 amide bonds. The number of dihydropyridines is 1. The van der Waals surface area contributed by atoms with Gasteiger partial charge in [0.05, 0.1) is 5.70 Å². The minimum absolute atomic E-state index is 0.000660. The van der Waals surface area contributed by atoms with E-state index in [1.807, 2.05) is 24.7 Å². The molecule has 172 valence electrons. The number of hydrogen-bond donors (Lipinski definition) is 3. The zero-order valence-electron chi connectivity index (χ0n) is 19.4. The van der Waals surface area contributed by atoms with E-state index in [9.17, 15) is 0 Å². The first-order valence-corrected chi connectivity index (χ1v) is 12.3. The summed E-state index contributed by atoms with van der Waals surface area (Å²) in [6.45, 7) is 0.819. The van der Waals surface area contributed by atoms with Gasteiger partial charge in [-0.25, -0.2) is 0 Å². The average molecular weight is 458 g/mol. The van der Waals surface area contributed by atoms with E-state index in [2.05, 4.69) is 98.7 Å². The van der Waals surface area contributed by atoms with Crippen LogP contribution in [0.5, 0.6) is 0 Å². The Morgan fingerprint density at radius 2 is 1.86 bits per heavy atom. The van der Waals surface area contributed by atoms with Gasteiger partial charge in [-0.1, -0.05) is 36.4 Å². The number of fused-ring (bicyclic) bond motifs is 4. The molecule has 35 heavy (non-hydrogen) atoms. The Balaban J connectivity index is 1.40. The fraction of sp³-hybridized carbons (Fsp3) is 0.167. The van der Waals surface area contributed by atoms with Crippen LogP contribution in [0.15, 0.2) is 109 Å². The lowest BCUT2D eigenvalue weighted by atomic mass is 9.93. The lowest BCUT2D eigenvalue weighted by molar-refractivity contribution is 0.204.